The fourth-order valence-corrected chi connectivity index (χ4v) is 4.40. The molecule has 29 heavy (non-hydrogen) atoms. The maximum atomic E-state index is 12.7. The van der Waals surface area contributed by atoms with Crippen LogP contribution in [-0.4, -0.2) is 38.3 Å². The monoisotopic (exact) mass is 446 g/mol. The molecule has 0 spiro atoms. The second kappa shape index (κ2) is 9.51. The van der Waals surface area contributed by atoms with Crippen LogP contribution < -0.4 is 10.1 Å². The predicted molar refractivity (Wildman–Crippen MR) is 107 cm³/mol. The molecular weight excluding hydrogens is 426 g/mol. The second-order valence-corrected chi connectivity index (χ2v) is 8.39. The molecule has 0 radical (unpaired) electrons. The standard InChI is InChI=1S/C19H21ClF2N2O4S/c1-4-24(5-2)29(26,27)14-8-6-12(3)15(11-14)18(25)23-13-7-9-17(16(20)10-13)28-19(21)22/h6-11,19H,4-5H2,1-3H3,(H,23,25). The van der Waals surface area contributed by atoms with Crippen molar-refractivity contribution in [3.05, 3.63) is 52.5 Å². The lowest BCUT2D eigenvalue weighted by Gasteiger charge is -2.19. The summed E-state index contributed by atoms with van der Waals surface area (Å²) in [5, 5.41) is 2.48. The van der Waals surface area contributed by atoms with E-state index in [4.69, 9.17) is 11.6 Å². The van der Waals surface area contributed by atoms with E-state index in [0.717, 1.165) is 0 Å². The van der Waals surface area contributed by atoms with Crippen LogP contribution in [0.3, 0.4) is 0 Å². The SMILES string of the molecule is CCN(CC)S(=O)(=O)c1ccc(C)c(C(=O)Nc2ccc(OC(F)F)c(Cl)c2)c1. The van der Waals surface area contributed by atoms with E-state index >= 15 is 0 Å². The highest BCUT2D eigenvalue weighted by Gasteiger charge is 2.23. The van der Waals surface area contributed by atoms with Crippen molar-refractivity contribution in [3.8, 4) is 5.75 Å². The first kappa shape index (κ1) is 23.1. The number of sulfonamides is 1. The Hall–Kier alpha value is -2.23. The van der Waals surface area contributed by atoms with Gasteiger partial charge in [0.15, 0.2) is 0 Å². The third-order valence-corrected chi connectivity index (χ3v) is 6.54. The van der Waals surface area contributed by atoms with Crippen molar-refractivity contribution in [1.29, 1.82) is 0 Å². The molecule has 0 atom stereocenters. The van der Waals surface area contributed by atoms with E-state index in [1.165, 1.54) is 34.6 Å². The topological polar surface area (TPSA) is 75.7 Å². The molecule has 10 heteroatoms. The maximum absolute atomic E-state index is 12.7. The van der Waals surface area contributed by atoms with Gasteiger partial charge in [-0.3, -0.25) is 4.79 Å². The van der Waals surface area contributed by atoms with E-state index < -0.39 is 22.5 Å². The molecule has 0 bridgehead atoms. The molecule has 0 saturated carbocycles. The summed E-state index contributed by atoms with van der Waals surface area (Å²) >= 11 is 5.89. The van der Waals surface area contributed by atoms with Gasteiger partial charge in [-0.2, -0.15) is 13.1 Å². The van der Waals surface area contributed by atoms with E-state index in [2.05, 4.69) is 10.1 Å². The van der Waals surface area contributed by atoms with Crippen LogP contribution in [0.2, 0.25) is 5.02 Å². The Labute approximate surface area is 173 Å². The lowest BCUT2D eigenvalue weighted by atomic mass is 10.1. The van der Waals surface area contributed by atoms with Crippen molar-refractivity contribution >= 4 is 33.2 Å². The van der Waals surface area contributed by atoms with Crippen molar-refractivity contribution < 1.29 is 26.7 Å². The molecule has 0 aliphatic carbocycles. The molecular formula is C19H21ClF2N2O4S. The van der Waals surface area contributed by atoms with Gasteiger partial charge in [-0.15, -0.1) is 0 Å². The number of nitrogens with zero attached hydrogens (tertiary/aromatic N) is 1. The number of carbonyl (C=O) groups is 1. The van der Waals surface area contributed by atoms with Crippen molar-refractivity contribution in [2.24, 2.45) is 0 Å². The summed E-state index contributed by atoms with van der Waals surface area (Å²) in [7, 11) is -3.73. The van der Waals surface area contributed by atoms with Gasteiger partial charge in [0, 0.05) is 24.3 Å². The number of amides is 1. The number of benzene rings is 2. The lowest BCUT2D eigenvalue weighted by molar-refractivity contribution is -0.0497. The molecule has 0 unspecified atom stereocenters. The van der Waals surface area contributed by atoms with Gasteiger partial charge in [-0.25, -0.2) is 8.42 Å². The van der Waals surface area contributed by atoms with Crippen LogP contribution in [0.1, 0.15) is 29.8 Å². The van der Waals surface area contributed by atoms with E-state index in [1.807, 2.05) is 0 Å². The van der Waals surface area contributed by atoms with Crippen LogP contribution in [0.25, 0.3) is 0 Å². The van der Waals surface area contributed by atoms with Gasteiger partial charge in [0.2, 0.25) is 10.0 Å². The van der Waals surface area contributed by atoms with Gasteiger partial charge >= 0.3 is 6.61 Å². The van der Waals surface area contributed by atoms with E-state index in [9.17, 15) is 22.0 Å². The Morgan fingerprint density at radius 3 is 2.38 bits per heavy atom. The first-order valence-corrected chi connectivity index (χ1v) is 10.6. The molecule has 0 aliphatic heterocycles. The molecule has 6 nitrogen and oxygen atoms in total. The second-order valence-electron chi connectivity index (χ2n) is 6.04. The van der Waals surface area contributed by atoms with Crippen LogP contribution in [0.15, 0.2) is 41.3 Å². The Morgan fingerprint density at radius 2 is 1.83 bits per heavy atom. The van der Waals surface area contributed by atoms with Crippen LogP contribution in [0.4, 0.5) is 14.5 Å². The summed E-state index contributed by atoms with van der Waals surface area (Å²) in [6.07, 6.45) is 0. The Balaban J connectivity index is 2.31. The van der Waals surface area contributed by atoms with Crippen LogP contribution >= 0.6 is 11.6 Å². The molecule has 2 aromatic rings. The maximum Gasteiger partial charge on any atom is 0.387 e. The van der Waals surface area contributed by atoms with Crippen molar-refractivity contribution in [2.75, 3.05) is 18.4 Å². The molecule has 2 aromatic carbocycles. The van der Waals surface area contributed by atoms with E-state index in [1.54, 1.807) is 26.8 Å². The fraction of sp³-hybridized carbons (Fsp3) is 0.316. The molecule has 158 valence electrons. The minimum Gasteiger partial charge on any atom is -0.433 e. The van der Waals surface area contributed by atoms with Gasteiger partial charge in [0.05, 0.1) is 9.92 Å². The Morgan fingerprint density at radius 1 is 1.17 bits per heavy atom. The average Bonchev–Trinajstić information content (AvgIpc) is 2.64. The fourth-order valence-electron chi connectivity index (χ4n) is 2.69. The van der Waals surface area contributed by atoms with Crippen molar-refractivity contribution in [2.45, 2.75) is 32.3 Å². The third kappa shape index (κ3) is 5.43. The van der Waals surface area contributed by atoms with Crippen LogP contribution in [0.5, 0.6) is 5.75 Å². The summed E-state index contributed by atoms with van der Waals surface area (Å²) in [6.45, 7) is 2.72. The largest absolute Gasteiger partial charge is 0.433 e. The zero-order chi connectivity index (χ0) is 21.8. The number of carbonyl (C=O) groups excluding carboxylic acids is 1. The zero-order valence-corrected chi connectivity index (χ0v) is 17.7. The van der Waals surface area contributed by atoms with Gasteiger partial charge in [-0.05, 0) is 42.8 Å². The molecule has 1 amide bonds. The number of halogens is 3. The smallest absolute Gasteiger partial charge is 0.387 e. The summed E-state index contributed by atoms with van der Waals surface area (Å²) in [5.41, 5.74) is 0.991. The zero-order valence-electron chi connectivity index (χ0n) is 16.1. The number of rotatable bonds is 8. The van der Waals surface area contributed by atoms with Gasteiger partial charge < -0.3 is 10.1 Å². The third-order valence-electron chi connectivity index (χ3n) is 4.20. The van der Waals surface area contributed by atoms with Crippen LogP contribution in [-0.2, 0) is 10.0 Å². The first-order chi connectivity index (χ1) is 13.6. The normalized spacial score (nSPS) is 11.7. The number of ether oxygens (including phenoxy) is 1. The summed E-state index contributed by atoms with van der Waals surface area (Å²) in [5.74, 6) is -0.777. The van der Waals surface area contributed by atoms with E-state index in [-0.39, 0.29) is 26.9 Å². The van der Waals surface area contributed by atoms with E-state index in [0.29, 0.717) is 18.7 Å². The number of nitrogens with one attached hydrogen (secondary N) is 1. The highest BCUT2D eigenvalue weighted by molar-refractivity contribution is 7.89. The summed E-state index contributed by atoms with van der Waals surface area (Å²) in [6, 6.07) is 8.15. The Kier molecular flexibility index (Phi) is 7.56. The number of alkyl halides is 2. The molecule has 0 fully saturated rings. The average molecular weight is 447 g/mol. The van der Waals surface area contributed by atoms with Crippen molar-refractivity contribution in [1.82, 2.24) is 4.31 Å². The molecule has 1 N–H and O–H groups in total. The quantitative estimate of drug-likeness (QED) is 0.646. The van der Waals surface area contributed by atoms with Crippen molar-refractivity contribution in [3.63, 3.8) is 0 Å². The van der Waals surface area contributed by atoms with Gasteiger partial charge in [0.25, 0.3) is 5.91 Å². The first-order valence-electron chi connectivity index (χ1n) is 8.76. The summed E-state index contributed by atoms with van der Waals surface area (Å²) < 4.78 is 55.6. The molecule has 2 rings (SSSR count). The minimum absolute atomic E-state index is 0.00987. The number of hydrogen-bond acceptors (Lipinski definition) is 4. The van der Waals surface area contributed by atoms with Gasteiger partial charge in [0.1, 0.15) is 5.75 Å². The number of aryl methyl sites for hydroxylation is 1. The van der Waals surface area contributed by atoms with Gasteiger partial charge in [-0.1, -0.05) is 31.5 Å². The lowest BCUT2D eigenvalue weighted by Crippen LogP contribution is -2.30. The predicted octanol–water partition coefficient (Wildman–Crippen LogP) is 4.53. The molecule has 0 aliphatic rings. The molecule has 0 aromatic heterocycles. The highest BCUT2D eigenvalue weighted by atomic mass is 35.5. The summed E-state index contributed by atoms with van der Waals surface area (Å²) in [4.78, 5) is 12.7. The minimum atomic E-state index is -3.73. The van der Waals surface area contributed by atoms with Crippen LogP contribution in [0, 0.1) is 6.92 Å². The molecule has 0 heterocycles. The number of hydrogen-bond donors (Lipinski definition) is 1. The Bertz CT molecular complexity index is 996. The molecule has 0 saturated heterocycles. The highest BCUT2D eigenvalue weighted by Crippen LogP contribution is 2.29. The number of anilines is 1.